The Morgan fingerprint density at radius 2 is 1.84 bits per heavy atom. The van der Waals surface area contributed by atoms with Crippen LogP contribution in [0.3, 0.4) is 0 Å². The second kappa shape index (κ2) is 5.24. The Kier molecular flexibility index (Phi) is 3.45. The highest BCUT2D eigenvalue weighted by Gasteiger charge is 2.24. The molecule has 0 saturated heterocycles. The Bertz CT molecular complexity index is 474. The van der Waals surface area contributed by atoms with Gasteiger partial charge in [0.15, 0.2) is 0 Å². The summed E-state index contributed by atoms with van der Waals surface area (Å²) in [6.07, 6.45) is 8.26. The monoisotopic (exact) mass is 259 g/mol. The maximum Gasteiger partial charge on any atom is 0.251 e. The van der Waals surface area contributed by atoms with E-state index in [0.717, 1.165) is 31.2 Å². The molecule has 0 heterocycles. The van der Waals surface area contributed by atoms with Gasteiger partial charge in [-0.2, -0.15) is 0 Å². The van der Waals surface area contributed by atoms with E-state index < -0.39 is 0 Å². The van der Waals surface area contributed by atoms with Crippen LogP contribution in [-0.4, -0.2) is 17.1 Å². The number of aromatic hydroxyl groups is 1. The molecule has 102 valence electrons. The first-order valence-electron chi connectivity index (χ1n) is 7.38. The van der Waals surface area contributed by atoms with Crippen LogP contribution in [0.15, 0.2) is 18.2 Å². The molecule has 3 rings (SSSR count). The highest BCUT2D eigenvalue weighted by Crippen LogP contribution is 2.37. The third-order valence-electron chi connectivity index (χ3n) is 4.25. The zero-order valence-corrected chi connectivity index (χ0v) is 11.2. The van der Waals surface area contributed by atoms with Crippen LogP contribution in [0.25, 0.3) is 0 Å². The molecule has 1 amide bonds. The maximum atomic E-state index is 11.9. The molecule has 2 N–H and O–H groups in total. The first kappa shape index (κ1) is 12.5. The number of hydrogen-bond acceptors (Lipinski definition) is 2. The van der Waals surface area contributed by atoms with Gasteiger partial charge in [-0.25, -0.2) is 0 Å². The van der Waals surface area contributed by atoms with E-state index in [2.05, 4.69) is 5.32 Å². The zero-order valence-electron chi connectivity index (χ0n) is 11.2. The van der Waals surface area contributed by atoms with E-state index in [-0.39, 0.29) is 11.7 Å². The number of hydrogen-bond donors (Lipinski definition) is 2. The van der Waals surface area contributed by atoms with Crippen molar-refractivity contribution in [3.63, 3.8) is 0 Å². The lowest BCUT2D eigenvalue weighted by atomic mass is 9.83. The first-order valence-corrected chi connectivity index (χ1v) is 7.38. The van der Waals surface area contributed by atoms with Gasteiger partial charge < -0.3 is 10.4 Å². The number of amides is 1. The quantitative estimate of drug-likeness (QED) is 0.874. The van der Waals surface area contributed by atoms with Gasteiger partial charge in [0, 0.05) is 11.6 Å². The van der Waals surface area contributed by atoms with Crippen molar-refractivity contribution < 1.29 is 9.90 Å². The molecule has 0 aliphatic heterocycles. The van der Waals surface area contributed by atoms with Crippen molar-refractivity contribution in [3.8, 4) is 5.75 Å². The number of phenols is 1. The highest BCUT2D eigenvalue weighted by molar-refractivity contribution is 5.95. The van der Waals surface area contributed by atoms with Gasteiger partial charge >= 0.3 is 0 Å². The summed E-state index contributed by atoms with van der Waals surface area (Å²) < 4.78 is 0. The van der Waals surface area contributed by atoms with Gasteiger partial charge in [0.25, 0.3) is 5.91 Å². The lowest BCUT2D eigenvalue weighted by Gasteiger charge is -2.23. The molecule has 0 aromatic heterocycles. The van der Waals surface area contributed by atoms with Crippen LogP contribution in [0.2, 0.25) is 0 Å². The predicted molar refractivity (Wildman–Crippen MR) is 74.4 cm³/mol. The van der Waals surface area contributed by atoms with Gasteiger partial charge in [0.05, 0.1) is 0 Å². The van der Waals surface area contributed by atoms with Crippen molar-refractivity contribution in [3.05, 3.63) is 29.3 Å². The molecule has 2 saturated carbocycles. The Balaban J connectivity index is 1.74. The SMILES string of the molecule is O=C(NC1CC1)c1ccc(C2CCCCC2)c(O)c1. The second-order valence-corrected chi connectivity index (χ2v) is 5.86. The number of rotatable bonds is 3. The molecule has 0 atom stereocenters. The summed E-state index contributed by atoms with van der Waals surface area (Å²) in [5, 5.41) is 13.1. The lowest BCUT2D eigenvalue weighted by Crippen LogP contribution is -2.25. The van der Waals surface area contributed by atoms with E-state index in [1.54, 1.807) is 6.07 Å². The van der Waals surface area contributed by atoms with Crippen LogP contribution in [0.5, 0.6) is 5.75 Å². The van der Waals surface area contributed by atoms with E-state index in [9.17, 15) is 9.90 Å². The number of phenolic OH excluding ortho intramolecular Hbond substituents is 1. The normalized spacial score (nSPS) is 20.2. The summed E-state index contributed by atoms with van der Waals surface area (Å²) in [6.45, 7) is 0. The molecule has 0 spiro atoms. The number of benzene rings is 1. The lowest BCUT2D eigenvalue weighted by molar-refractivity contribution is 0.0950. The fourth-order valence-corrected chi connectivity index (χ4v) is 2.94. The van der Waals surface area contributed by atoms with Gasteiger partial charge in [0.1, 0.15) is 5.75 Å². The van der Waals surface area contributed by atoms with Gasteiger partial charge in [-0.1, -0.05) is 25.3 Å². The van der Waals surface area contributed by atoms with Crippen LogP contribution in [-0.2, 0) is 0 Å². The Morgan fingerprint density at radius 1 is 1.11 bits per heavy atom. The standard InChI is InChI=1S/C16H21NO2/c18-15-10-12(16(19)17-13-7-8-13)6-9-14(15)11-4-2-1-3-5-11/h6,9-11,13,18H,1-5,7-8H2,(H,17,19). The third kappa shape index (κ3) is 2.91. The molecule has 2 aliphatic rings. The average Bonchev–Trinajstić information content (AvgIpc) is 3.23. The molecule has 2 aliphatic carbocycles. The summed E-state index contributed by atoms with van der Waals surface area (Å²) in [7, 11) is 0. The molecule has 0 radical (unpaired) electrons. The van der Waals surface area contributed by atoms with E-state index >= 15 is 0 Å². The van der Waals surface area contributed by atoms with Crippen LogP contribution < -0.4 is 5.32 Å². The highest BCUT2D eigenvalue weighted by atomic mass is 16.3. The van der Waals surface area contributed by atoms with Crippen molar-refractivity contribution in [1.82, 2.24) is 5.32 Å². The summed E-state index contributed by atoms with van der Waals surface area (Å²) in [4.78, 5) is 11.9. The van der Waals surface area contributed by atoms with Crippen molar-refractivity contribution in [2.75, 3.05) is 0 Å². The van der Waals surface area contributed by atoms with E-state index in [4.69, 9.17) is 0 Å². The van der Waals surface area contributed by atoms with Crippen molar-refractivity contribution >= 4 is 5.91 Å². The summed E-state index contributed by atoms with van der Waals surface area (Å²) in [5.41, 5.74) is 1.59. The van der Waals surface area contributed by atoms with Crippen molar-refractivity contribution in [2.45, 2.75) is 56.9 Å². The molecule has 1 aromatic rings. The average molecular weight is 259 g/mol. The molecular formula is C16H21NO2. The zero-order chi connectivity index (χ0) is 13.2. The largest absolute Gasteiger partial charge is 0.508 e. The minimum atomic E-state index is -0.0620. The molecular weight excluding hydrogens is 238 g/mol. The number of carbonyl (C=O) groups is 1. The second-order valence-electron chi connectivity index (χ2n) is 5.86. The smallest absolute Gasteiger partial charge is 0.251 e. The van der Waals surface area contributed by atoms with Crippen LogP contribution >= 0.6 is 0 Å². The topological polar surface area (TPSA) is 49.3 Å². The summed E-state index contributed by atoms with van der Waals surface area (Å²) in [6, 6.07) is 5.77. The minimum absolute atomic E-state index is 0.0620. The molecule has 3 heteroatoms. The van der Waals surface area contributed by atoms with Crippen LogP contribution in [0.4, 0.5) is 0 Å². The molecule has 0 unspecified atom stereocenters. The van der Waals surface area contributed by atoms with Gasteiger partial charge in [-0.3, -0.25) is 4.79 Å². The van der Waals surface area contributed by atoms with Crippen LogP contribution in [0, 0.1) is 0 Å². The molecule has 19 heavy (non-hydrogen) atoms. The minimum Gasteiger partial charge on any atom is -0.508 e. The first-order chi connectivity index (χ1) is 9.24. The summed E-state index contributed by atoms with van der Waals surface area (Å²) in [5.74, 6) is 0.692. The molecule has 1 aromatic carbocycles. The number of carbonyl (C=O) groups excluding carboxylic acids is 1. The maximum absolute atomic E-state index is 11.9. The number of nitrogens with one attached hydrogen (secondary N) is 1. The predicted octanol–water partition coefficient (Wildman–Crippen LogP) is 3.33. The fourth-order valence-electron chi connectivity index (χ4n) is 2.94. The van der Waals surface area contributed by atoms with E-state index in [1.807, 2.05) is 12.1 Å². The van der Waals surface area contributed by atoms with E-state index in [0.29, 0.717) is 17.5 Å². The Morgan fingerprint density at radius 3 is 2.47 bits per heavy atom. The van der Waals surface area contributed by atoms with Gasteiger partial charge in [-0.15, -0.1) is 0 Å². The van der Waals surface area contributed by atoms with Gasteiger partial charge in [-0.05, 0) is 49.3 Å². The van der Waals surface area contributed by atoms with Crippen molar-refractivity contribution in [2.24, 2.45) is 0 Å². The van der Waals surface area contributed by atoms with Crippen LogP contribution in [0.1, 0.15) is 66.8 Å². The molecule has 0 bridgehead atoms. The van der Waals surface area contributed by atoms with Crippen molar-refractivity contribution in [1.29, 1.82) is 0 Å². The third-order valence-corrected chi connectivity index (χ3v) is 4.25. The Hall–Kier alpha value is -1.51. The Labute approximate surface area is 114 Å². The summed E-state index contributed by atoms with van der Waals surface area (Å²) >= 11 is 0. The molecule has 2 fully saturated rings. The molecule has 3 nitrogen and oxygen atoms in total. The van der Waals surface area contributed by atoms with Gasteiger partial charge in [0.2, 0.25) is 0 Å². The van der Waals surface area contributed by atoms with E-state index in [1.165, 1.54) is 19.3 Å². The fraction of sp³-hybridized carbons (Fsp3) is 0.562.